The van der Waals surface area contributed by atoms with Gasteiger partial charge in [-0.25, -0.2) is 4.98 Å². The van der Waals surface area contributed by atoms with Crippen molar-refractivity contribution < 1.29 is 4.79 Å². The molecule has 6 nitrogen and oxygen atoms in total. The van der Waals surface area contributed by atoms with Crippen LogP contribution in [0.3, 0.4) is 0 Å². The van der Waals surface area contributed by atoms with Gasteiger partial charge in [0.2, 0.25) is 5.82 Å². The van der Waals surface area contributed by atoms with Crippen LogP contribution >= 0.6 is 15.9 Å². The maximum atomic E-state index is 12.2. The van der Waals surface area contributed by atoms with Crippen LogP contribution in [-0.4, -0.2) is 26.1 Å². The third kappa shape index (κ3) is 2.78. The molecule has 0 spiro atoms. The number of aromatic nitrogens is 4. The number of anilines is 1. The second-order valence-electron chi connectivity index (χ2n) is 4.44. The molecule has 1 amide bonds. The molecule has 2 aromatic heterocycles. The molecule has 0 fully saturated rings. The number of aryl methyl sites for hydroxylation is 1. The largest absolute Gasteiger partial charge is 0.317 e. The molecule has 3 rings (SSSR count). The summed E-state index contributed by atoms with van der Waals surface area (Å²) in [6.07, 6.45) is 2.39. The number of hydrogen-bond donors (Lipinski definition) is 2. The number of H-pyrrole nitrogens is 1. The van der Waals surface area contributed by atoms with Gasteiger partial charge in [0.05, 0.1) is 11.2 Å². The monoisotopic (exact) mass is 345 g/mol. The molecule has 0 atom stereocenters. The maximum absolute atomic E-state index is 12.2. The van der Waals surface area contributed by atoms with Crippen molar-refractivity contribution in [2.24, 2.45) is 0 Å². The molecule has 0 saturated carbocycles. The van der Waals surface area contributed by atoms with E-state index < -0.39 is 0 Å². The summed E-state index contributed by atoms with van der Waals surface area (Å²) < 4.78 is 0.889. The van der Waals surface area contributed by atoms with E-state index in [2.05, 4.69) is 41.4 Å². The number of benzene rings is 1. The Bertz CT molecular complexity index is 814. The first-order valence-electron chi connectivity index (χ1n) is 6.44. The number of nitrogens with zero attached hydrogens (tertiary/aromatic N) is 3. The van der Waals surface area contributed by atoms with Crippen molar-refractivity contribution in [3.8, 4) is 0 Å². The lowest BCUT2D eigenvalue weighted by molar-refractivity contribution is 0.101. The first-order chi connectivity index (χ1) is 10.2. The zero-order valence-electron chi connectivity index (χ0n) is 11.2. The summed E-state index contributed by atoms with van der Waals surface area (Å²) >= 11 is 3.38. The van der Waals surface area contributed by atoms with Gasteiger partial charge in [-0.15, -0.1) is 5.10 Å². The van der Waals surface area contributed by atoms with Gasteiger partial charge in [-0.3, -0.25) is 14.9 Å². The molecular formula is C14H12BrN5O. The van der Waals surface area contributed by atoms with E-state index in [1.54, 1.807) is 12.3 Å². The standard InChI is InChI=1S/C14H12BrN5O/c1-2-11-18-13(20-19-11)14(21)17-10-5-3-4-8-6-9(15)7-16-12(8)10/h3-7H,2H2,1H3,(H,17,21)(H,18,19,20). The molecule has 0 saturated heterocycles. The Kier molecular flexibility index (Phi) is 3.66. The average Bonchev–Trinajstić information content (AvgIpc) is 2.96. The summed E-state index contributed by atoms with van der Waals surface area (Å²) in [6, 6.07) is 7.54. The average molecular weight is 346 g/mol. The molecule has 21 heavy (non-hydrogen) atoms. The Hall–Kier alpha value is -2.28. The van der Waals surface area contributed by atoms with Crippen molar-refractivity contribution in [1.82, 2.24) is 20.2 Å². The van der Waals surface area contributed by atoms with Crippen LogP contribution in [0.1, 0.15) is 23.4 Å². The first kappa shape index (κ1) is 13.7. The van der Waals surface area contributed by atoms with E-state index in [4.69, 9.17) is 0 Å². The third-order valence-electron chi connectivity index (χ3n) is 3.00. The number of para-hydroxylation sites is 1. The minimum Gasteiger partial charge on any atom is -0.317 e. The van der Waals surface area contributed by atoms with Crippen LogP contribution in [0.25, 0.3) is 10.9 Å². The van der Waals surface area contributed by atoms with Gasteiger partial charge in [0, 0.05) is 22.5 Å². The Morgan fingerprint density at radius 3 is 3.05 bits per heavy atom. The lowest BCUT2D eigenvalue weighted by atomic mass is 10.2. The number of carbonyl (C=O) groups is 1. The van der Waals surface area contributed by atoms with Crippen LogP contribution in [0, 0.1) is 0 Å². The Morgan fingerprint density at radius 2 is 2.29 bits per heavy atom. The molecule has 3 aromatic rings. The number of hydrogen-bond acceptors (Lipinski definition) is 4. The van der Waals surface area contributed by atoms with Crippen LogP contribution in [0.4, 0.5) is 5.69 Å². The molecule has 0 aliphatic carbocycles. The van der Waals surface area contributed by atoms with E-state index in [0.717, 1.165) is 15.4 Å². The number of amides is 1. The zero-order chi connectivity index (χ0) is 14.8. The van der Waals surface area contributed by atoms with E-state index in [-0.39, 0.29) is 11.7 Å². The topological polar surface area (TPSA) is 83.6 Å². The van der Waals surface area contributed by atoms with Gasteiger partial charge in [0.25, 0.3) is 5.91 Å². The molecule has 0 radical (unpaired) electrons. The summed E-state index contributed by atoms with van der Waals surface area (Å²) in [5.41, 5.74) is 1.35. The Morgan fingerprint density at radius 1 is 1.43 bits per heavy atom. The molecule has 7 heteroatoms. The van der Waals surface area contributed by atoms with Crippen LogP contribution in [0.15, 0.2) is 34.9 Å². The fourth-order valence-electron chi connectivity index (χ4n) is 1.97. The molecule has 0 unspecified atom stereocenters. The second kappa shape index (κ2) is 5.61. The second-order valence-corrected chi connectivity index (χ2v) is 5.36. The van der Waals surface area contributed by atoms with E-state index >= 15 is 0 Å². The molecule has 0 aliphatic heterocycles. The summed E-state index contributed by atoms with van der Waals surface area (Å²) in [4.78, 5) is 20.6. The summed E-state index contributed by atoms with van der Waals surface area (Å²) in [7, 11) is 0. The van der Waals surface area contributed by atoms with Crippen molar-refractivity contribution in [3.05, 3.63) is 46.6 Å². The highest BCUT2D eigenvalue weighted by atomic mass is 79.9. The fraction of sp³-hybridized carbons (Fsp3) is 0.143. The molecule has 2 N–H and O–H groups in total. The summed E-state index contributed by atoms with van der Waals surface area (Å²) in [6.45, 7) is 1.94. The van der Waals surface area contributed by atoms with Gasteiger partial charge in [-0.05, 0) is 28.1 Å². The van der Waals surface area contributed by atoms with Gasteiger partial charge in [0.15, 0.2) is 0 Å². The zero-order valence-corrected chi connectivity index (χ0v) is 12.8. The van der Waals surface area contributed by atoms with Crippen molar-refractivity contribution in [1.29, 1.82) is 0 Å². The molecule has 0 aliphatic rings. The number of carbonyl (C=O) groups excluding carboxylic acids is 1. The van der Waals surface area contributed by atoms with Crippen molar-refractivity contribution >= 4 is 38.4 Å². The van der Waals surface area contributed by atoms with Gasteiger partial charge < -0.3 is 5.32 Å². The number of halogens is 1. The SMILES string of the molecule is CCc1nc(C(=O)Nc2cccc3cc(Br)cnc23)n[nH]1. The van der Waals surface area contributed by atoms with Gasteiger partial charge >= 0.3 is 0 Å². The predicted octanol–water partition coefficient (Wildman–Crippen LogP) is 2.93. The van der Waals surface area contributed by atoms with Crippen LogP contribution in [-0.2, 0) is 6.42 Å². The summed E-state index contributed by atoms with van der Waals surface area (Å²) in [5.74, 6) is 0.448. The molecular weight excluding hydrogens is 334 g/mol. The van der Waals surface area contributed by atoms with Crippen molar-refractivity contribution in [3.63, 3.8) is 0 Å². The van der Waals surface area contributed by atoms with Crippen molar-refractivity contribution in [2.45, 2.75) is 13.3 Å². The number of aromatic amines is 1. The van der Waals surface area contributed by atoms with E-state index in [0.29, 0.717) is 17.9 Å². The lowest BCUT2D eigenvalue weighted by Gasteiger charge is -2.06. The molecule has 106 valence electrons. The molecule has 1 aromatic carbocycles. The van der Waals surface area contributed by atoms with E-state index in [9.17, 15) is 4.79 Å². The van der Waals surface area contributed by atoms with E-state index in [1.807, 2.05) is 25.1 Å². The Balaban J connectivity index is 1.92. The number of nitrogens with one attached hydrogen (secondary N) is 2. The van der Waals surface area contributed by atoms with Gasteiger partial charge in [-0.1, -0.05) is 19.1 Å². The van der Waals surface area contributed by atoms with Crippen molar-refractivity contribution in [2.75, 3.05) is 5.32 Å². The highest BCUT2D eigenvalue weighted by molar-refractivity contribution is 9.10. The van der Waals surface area contributed by atoms with Gasteiger partial charge in [0.1, 0.15) is 5.82 Å². The minimum atomic E-state index is -0.358. The number of rotatable bonds is 3. The smallest absolute Gasteiger partial charge is 0.295 e. The highest BCUT2D eigenvalue weighted by Gasteiger charge is 2.13. The van der Waals surface area contributed by atoms with Crippen LogP contribution in [0.2, 0.25) is 0 Å². The number of fused-ring (bicyclic) bond motifs is 1. The number of pyridine rings is 1. The molecule has 2 heterocycles. The third-order valence-corrected chi connectivity index (χ3v) is 3.43. The van der Waals surface area contributed by atoms with Crippen LogP contribution < -0.4 is 5.32 Å². The first-order valence-corrected chi connectivity index (χ1v) is 7.23. The highest BCUT2D eigenvalue weighted by Crippen LogP contribution is 2.24. The van der Waals surface area contributed by atoms with Crippen LogP contribution in [0.5, 0.6) is 0 Å². The predicted molar refractivity (Wildman–Crippen MR) is 83.2 cm³/mol. The quantitative estimate of drug-likeness (QED) is 0.764. The fourth-order valence-corrected chi connectivity index (χ4v) is 2.32. The lowest BCUT2D eigenvalue weighted by Crippen LogP contribution is -2.14. The normalized spacial score (nSPS) is 10.8. The Labute approximate surface area is 129 Å². The molecule has 0 bridgehead atoms. The summed E-state index contributed by atoms with van der Waals surface area (Å²) in [5, 5.41) is 10.4. The maximum Gasteiger partial charge on any atom is 0.295 e. The van der Waals surface area contributed by atoms with E-state index in [1.165, 1.54) is 0 Å². The van der Waals surface area contributed by atoms with Gasteiger partial charge in [-0.2, -0.15) is 0 Å². The minimum absolute atomic E-state index is 0.126.